The van der Waals surface area contributed by atoms with Crippen molar-refractivity contribution in [1.82, 2.24) is 0 Å². The van der Waals surface area contributed by atoms with Crippen LogP contribution in [0.2, 0.25) is 0 Å². The Morgan fingerprint density at radius 1 is 1.53 bits per heavy atom. The van der Waals surface area contributed by atoms with Crippen LogP contribution < -0.4 is 0 Å². The molecule has 0 bridgehead atoms. The molecule has 2 unspecified atom stereocenters. The van der Waals surface area contributed by atoms with Crippen LogP contribution in [0.4, 0.5) is 0 Å². The van der Waals surface area contributed by atoms with E-state index in [1.165, 1.54) is 6.08 Å². The van der Waals surface area contributed by atoms with E-state index in [1.54, 1.807) is 13.8 Å². The van der Waals surface area contributed by atoms with E-state index in [2.05, 4.69) is 6.58 Å². The van der Waals surface area contributed by atoms with Crippen molar-refractivity contribution in [3.8, 4) is 0 Å². The summed E-state index contributed by atoms with van der Waals surface area (Å²) in [6.45, 7) is 7.37. The van der Waals surface area contributed by atoms with Gasteiger partial charge in [-0.15, -0.1) is 6.58 Å². The van der Waals surface area contributed by atoms with E-state index < -0.39 is 5.79 Å². The fraction of sp³-hybridized carbons (Fsp3) is 0.833. The van der Waals surface area contributed by atoms with E-state index in [9.17, 15) is 10.2 Å². The molecule has 5 heteroatoms. The van der Waals surface area contributed by atoms with E-state index in [4.69, 9.17) is 14.6 Å². The van der Waals surface area contributed by atoms with E-state index in [0.29, 0.717) is 26.1 Å². The molecule has 5 nitrogen and oxygen atoms in total. The first kappa shape index (κ1) is 16.5. The summed E-state index contributed by atoms with van der Waals surface area (Å²) < 4.78 is 10.5. The van der Waals surface area contributed by atoms with Crippen LogP contribution >= 0.6 is 0 Å². The van der Waals surface area contributed by atoms with Crippen molar-refractivity contribution < 1.29 is 24.8 Å². The van der Waals surface area contributed by atoms with Gasteiger partial charge in [-0.1, -0.05) is 6.08 Å². The number of ether oxygens (including phenoxy) is 2. The number of rotatable bonds is 4. The zero-order chi connectivity index (χ0) is 13.3. The van der Waals surface area contributed by atoms with Crippen LogP contribution in [0.5, 0.6) is 0 Å². The molecular formula is C12H24O5. The van der Waals surface area contributed by atoms with Crippen LogP contribution in [-0.4, -0.2) is 53.1 Å². The van der Waals surface area contributed by atoms with Crippen LogP contribution in [-0.2, 0) is 9.47 Å². The lowest BCUT2D eigenvalue weighted by molar-refractivity contribution is -0.202. The molecule has 102 valence electrons. The van der Waals surface area contributed by atoms with Gasteiger partial charge in [0.2, 0.25) is 0 Å². The molecule has 2 atom stereocenters. The normalized spacial score (nSPS) is 24.8. The monoisotopic (exact) mass is 248 g/mol. The lowest BCUT2D eigenvalue weighted by Crippen LogP contribution is -2.35. The Labute approximate surface area is 103 Å². The second-order valence-electron chi connectivity index (χ2n) is 4.40. The molecule has 1 aliphatic rings. The summed E-state index contributed by atoms with van der Waals surface area (Å²) in [5.74, 6) is -1.12. The number of hydrogen-bond acceptors (Lipinski definition) is 5. The van der Waals surface area contributed by atoms with Crippen LogP contribution in [0, 0.1) is 0 Å². The van der Waals surface area contributed by atoms with E-state index in [0.717, 1.165) is 0 Å². The zero-order valence-electron chi connectivity index (χ0n) is 10.6. The van der Waals surface area contributed by atoms with Crippen molar-refractivity contribution >= 4 is 0 Å². The Hall–Kier alpha value is -0.460. The molecule has 1 aliphatic heterocycles. The first-order chi connectivity index (χ1) is 7.89. The van der Waals surface area contributed by atoms with Gasteiger partial charge in [-0.2, -0.15) is 0 Å². The van der Waals surface area contributed by atoms with Gasteiger partial charge in [-0.05, 0) is 20.3 Å². The van der Waals surface area contributed by atoms with E-state index >= 15 is 0 Å². The quantitative estimate of drug-likeness (QED) is 0.497. The van der Waals surface area contributed by atoms with Crippen LogP contribution in [0.1, 0.15) is 26.7 Å². The Bertz CT molecular complexity index is 200. The lowest BCUT2D eigenvalue weighted by Gasteiger charge is -2.28. The highest BCUT2D eigenvalue weighted by molar-refractivity contribution is 4.70. The molecule has 0 aromatic heterocycles. The highest BCUT2D eigenvalue weighted by Gasteiger charge is 2.23. The van der Waals surface area contributed by atoms with Gasteiger partial charge in [0.25, 0.3) is 0 Å². The lowest BCUT2D eigenvalue weighted by atomic mass is 10.1. The molecule has 0 saturated carbocycles. The van der Waals surface area contributed by atoms with Crippen LogP contribution in [0.3, 0.4) is 0 Å². The van der Waals surface area contributed by atoms with Crippen molar-refractivity contribution in [2.75, 3.05) is 19.8 Å². The highest BCUT2D eigenvalue weighted by Crippen LogP contribution is 2.15. The molecule has 1 heterocycles. The summed E-state index contributed by atoms with van der Waals surface area (Å²) in [4.78, 5) is 0. The zero-order valence-corrected chi connectivity index (χ0v) is 10.6. The topological polar surface area (TPSA) is 79.2 Å². The maximum atomic E-state index is 9.31. The number of hydrogen-bond donors (Lipinski definition) is 3. The fourth-order valence-electron chi connectivity index (χ4n) is 1.27. The molecule has 0 spiro atoms. The molecule has 0 aromatic rings. The van der Waals surface area contributed by atoms with Gasteiger partial charge in [0.15, 0.2) is 5.79 Å². The van der Waals surface area contributed by atoms with Crippen molar-refractivity contribution in [2.24, 2.45) is 0 Å². The van der Waals surface area contributed by atoms with E-state index in [-0.39, 0.29) is 18.8 Å². The molecule has 0 amide bonds. The molecule has 1 saturated heterocycles. The fourth-order valence-corrected chi connectivity index (χ4v) is 1.27. The summed E-state index contributed by atoms with van der Waals surface area (Å²) in [7, 11) is 0. The third-order valence-electron chi connectivity index (χ3n) is 2.09. The second-order valence-corrected chi connectivity index (χ2v) is 4.40. The van der Waals surface area contributed by atoms with Gasteiger partial charge < -0.3 is 24.8 Å². The Morgan fingerprint density at radius 2 is 2.12 bits per heavy atom. The van der Waals surface area contributed by atoms with Gasteiger partial charge in [-0.25, -0.2) is 0 Å². The molecule has 1 fully saturated rings. The average Bonchev–Trinajstić information content (AvgIpc) is 2.26. The predicted octanol–water partition coefficient (Wildman–Crippen LogP) is 0.436. The summed E-state index contributed by atoms with van der Waals surface area (Å²) in [6.07, 6.45) is 2.34. The van der Waals surface area contributed by atoms with E-state index in [1.807, 2.05) is 0 Å². The molecule has 3 N–H and O–H groups in total. The summed E-state index contributed by atoms with van der Waals surface area (Å²) >= 11 is 0. The minimum atomic E-state index is -1.12. The molecule has 0 radical (unpaired) electrons. The third-order valence-corrected chi connectivity index (χ3v) is 2.09. The van der Waals surface area contributed by atoms with Crippen molar-refractivity contribution in [1.29, 1.82) is 0 Å². The molecular weight excluding hydrogens is 224 g/mol. The molecule has 0 aliphatic carbocycles. The smallest absolute Gasteiger partial charge is 0.159 e. The summed E-state index contributed by atoms with van der Waals surface area (Å²) in [5, 5.41) is 26.3. The van der Waals surface area contributed by atoms with Crippen LogP contribution in [0.25, 0.3) is 0 Å². The average molecular weight is 248 g/mol. The predicted molar refractivity (Wildman–Crippen MR) is 64.5 cm³/mol. The van der Waals surface area contributed by atoms with Gasteiger partial charge >= 0.3 is 0 Å². The maximum Gasteiger partial charge on any atom is 0.159 e. The number of aliphatic hydroxyl groups excluding tert-OH is 2. The minimum Gasteiger partial charge on any atom is -0.393 e. The molecule has 0 aromatic carbocycles. The number of aliphatic hydroxyl groups is 3. The summed E-state index contributed by atoms with van der Waals surface area (Å²) in [5.41, 5.74) is 0. The van der Waals surface area contributed by atoms with Gasteiger partial charge in [0, 0.05) is 13.0 Å². The first-order valence-electron chi connectivity index (χ1n) is 5.76. The summed E-state index contributed by atoms with van der Waals surface area (Å²) in [6, 6.07) is 0. The molecule has 1 rings (SSSR count). The first-order valence-corrected chi connectivity index (χ1v) is 5.76. The van der Waals surface area contributed by atoms with Crippen LogP contribution in [0.15, 0.2) is 12.7 Å². The standard InChI is InChI=1S/C9H18O4.C3H6O/c1-9(2,11)13-6-8-5-7(10)3-4-12-8;1-2-3-4/h7-8,10-11H,3-6H2,1-2H3;2,4H,1,3H2. The maximum absolute atomic E-state index is 9.31. The Morgan fingerprint density at radius 3 is 2.53 bits per heavy atom. The van der Waals surface area contributed by atoms with Crippen molar-refractivity contribution in [3.63, 3.8) is 0 Å². The largest absolute Gasteiger partial charge is 0.393 e. The second kappa shape index (κ2) is 8.60. The highest BCUT2D eigenvalue weighted by atomic mass is 16.6. The Balaban J connectivity index is 0.000000557. The van der Waals surface area contributed by atoms with Crippen molar-refractivity contribution in [2.45, 2.75) is 44.7 Å². The van der Waals surface area contributed by atoms with Gasteiger partial charge in [0.1, 0.15) is 0 Å². The SMILES string of the molecule is C=CCO.CC(C)(O)OCC1CC(O)CCO1. The van der Waals surface area contributed by atoms with Crippen molar-refractivity contribution in [3.05, 3.63) is 12.7 Å². The molecule has 17 heavy (non-hydrogen) atoms. The van der Waals surface area contributed by atoms with Gasteiger partial charge in [-0.3, -0.25) is 0 Å². The third kappa shape index (κ3) is 10.4. The Kier molecular flexibility index (Phi) is 8.37. The van der Waals surface area contributed by atoms with Gasteiger partial charge in [0.05, 0.1) is 25.4 Å². The minimum absolute atomic E-state index is 0.0833.